The Morgan fingerprint density at radius 3 is 2.82 bits per heavy atom. The summed E-state index contributed by atoms with van der Waals surface area (Å²) in [5, 5.41) is 10.5. The third-order valence-corrected chi connectivity index (χ3v) is 5.35. The van der Waals surface area contributed by atoms with E-state index < -0.39 is 0 Å². The third-order valence-electron chi connectivity index (χ3n) is 5.35. The van der Waals surface area contributed by atoms with Gasteiger partial charge in [-0.3, -0.25) is 4.79 Å². The molecule has 1 fully saturated rings. The van der Waals surface area contributed by atoms with Gasteiger partial charge in [-0.2, -0.15) is 0 Å². The van der Waals surface area contributed by atoms with Crippen molar-refractivity contribution in [1.29, 1.82) is 0 Å². The highest BCUT2D eigenvalue weighted by molar-refractivity contribution is 6.12. The monoisotopic (exact) mass is 296 g/mol. The largest absolute Gasteiger partial charge is 0.392 e. The molecule has 0 spiro atoms. The molecule has 2 aliphatic rings. The zero-order chi connectivity index (χ0) is 15.9. The maximum atomic E-state index is 12.7. The average molecular weight is 296 g/mol. The van der Waals surface area contributed by atoms with E-state index in [2.05, 4.69) is 26.0 Å². The van der Waals surface area contributed by atoms with Crippen molar-refractivity contribution in [2.45, 2.75) is 52.6 Å². The molecule has 1 aromatic carbocycles. The fraction of sp³-hybridized carbons (Fsp3) is 0.450. The molecule has 1 saturated carbocycles. The predicted octanol–water partition coefficient (Wildman–Crippen LogP) is 4.22. The lowest BCUT2D eigenvalue weighted by atomic mass is 9.61. The molecule has 0 heterocycles. The lowest BCUT2D eigenvalue weighted by Crippen LogP contribution is -2.42. The Morgan fingerprint density at radius 2 is 2.09 bits per heavy atom. The first-order chi connectivity index (χ1) is 10.4. The lowest BCUT2D eigenvalue weighted by molar-refractivity contribution is -0.113. The first kappa shape index (κ1) is 15.2. The van der Waals surface area contributed by atoms with Crippen molar-refractivity contribution >= 4 is 11.9 Å². The minimum atomic E-state index is -0.347. The summed E-state index contributed by atoms with van der Waals surface area (Å²) in [6.07, 6.45) is 5.06. The smallest absolute Gasteiger partial charge is 0.184 e. The first-order valence-electron chi connectivity index (χ1n) is 8.12. The number of rotatable bonds is 1. The van der Waals surface area contributed by atoms with E-state index in [1.807, 2.05) is 25.1 Å². The Kier molecular flexibility index (Phi) is 3.82. The van der Waals surface area contributed by atoms with Crippen LogP contribution in [0.15, 0.2) is 41.0 Å². The molecule has 0 aromatic heterocycles. The van der Waals surface area contributed by atoms with Crippen LogP contribution in [-0.2, 0) is 4.79 Å². The molecular weight excluding hydrogens is 272 g/mol. The van der Waals surface area contributed by atoms with Crippen LogP contribution in [0.1, 0.15) is 50.7 Å². The summed E-state index contributed by atoms with van der Waals surface area (Å²) in [6, 6.07) is 8.19. The molecular formula is C20H24O2. The van der Waals surface area contributed by atoms with E-state index >= 15 is 0 Å². The highest BCUT2D eigenvalue weighted by atomic mass is 16.3. The van der Waals surface area contributed by atoms with Crippen LogP contribution in [0.2, 0.25) is 0 Å². The average Bonchev–Trinajstić information content (AvgIpc) is 2.47. The molecule has 22 heavy (non-hydrogen) atoms. The second kappa shape index (κ2) is 5.51. The summed E-state index contributed by atoms with van der Waals surface area (Å²) >= 11 is 0. The van der Waals surface area contributed by atoms with Gasteiger partial charge in [-0.15, -0.1) is 0 Å². The Morgan fingerprint density at radius 1 is 1.32 bits per heavy atom. The molecule has 116 valence electrons. The quantitative estimate of drug-likeness (QED) is 0.788. The van der Waals surface area contributed by atoms with Crippen molar-refractivity contribution in [2.24, 2.45) is 5.41 Å². The van der Waals surface area contributed by atoms with Crippen LogP contribution < -0.4 is 0 Å². The van der Waals surface area contributed by atoms with Crippen LogP contribution in [0, 0.1) is 12.3 Å². The number of allylic oxidation sites excluding steroid dienone is 2. The second-order valence-electron chi connectivity index (χ2n) is 7.02. The van der Waals surface area contributed by atoms with E-state index in [-0.39, 0.29) is 17.3 Å². The van der Waals surface area contributed by atoms with Crippen molar-refractivity contribution in [3.05, 3.63) is 52.1 Å². The van der Waals surface area contributed by atoms with Crippen LogP contribution in [0.25, 0.3) is 6.08 Å². The fourth-order valence-corrected chi connectivity index (χ4v) is 4.05. The number of fused-ring (bicyclic) bond motifs is 1. The van der Waals surface area contributed by atoms with Crippen LogP contribution in [0.3, 0.4) is 0 Å². The number of aliphatic hydroxyl groups is 1. The van der Waals surface area contributed by atoms with Gasteiger partial charge in [0.15, 0.2) is 5.78 Å². The second-order valence-corrected chi connectivity index (χ2v) is 7.02. The summed E-state index contributed by atoms with van der Waals surface area (Å²) in [7, 11) is 0. The zero-order valence-corrected chi connectivity index (χ0v) is 13.6. The molecule has 2 aliphatic carbocycles. The summed E-state index contributed by atoms with van der Waals surface area (Å²) in [4.78, 5) is 12.7. The highest BCUT2D eigenvalue weighted by Crippen LogP contribution is 2.50. The molecule has 0 amide bonds. The van der Waals surface area contributed by atoms with Crippen LogP contribution in [0.4, 0.5) is 0 Å². The van der Waals surface area contributed by atoms with E-state index in [1.165, 1.54) is 11.1 Å². The van der Waals surface area contributed by atoms with Gasteiger partial charge < -0.3 is 5.11 Å². The number of carbonyl (C=O) groups is 1. The predicted molar refractivity (Wildman–Crippen MR) is 89.4 cm³/mol. The normalized spacial score (nSPS) is 30.6. The molecule has 1 N–H and O–H groups in total. The molecule has 3 rings (SSSR count). The van der Waals surface area contributed by atoms with Crippen molar-refractivity contribution in [1.82, 2.24) is 0 Å². The Labute approximate surface area is 132 Å². The molecule has 2 heteroatoms. The summed E-state index contributed by atoms with van der Waals surface area (Å²) in [5.74, 6) is 0.156. The van der Waals surface area contributed by atoms with Gasteiger partial charge in [0.1, 0.15) is 0 Å². The number of aryl methyl sites for hydroxylation is 1. The fourth-order valence-electron chi connectivity index (χ4n) is 4.05. The number of aliphatic hydroxyl groups excluding tert-OH is 1. The number of hydrogen-bond acceptors (Lipinski definition) is 2. The molecule has 1 aromatic rings. The maximum absolute atomic E-state index is 12.7. The van der Waals surface area contributed by atoms with Gasteiger partial charge in [-0.25, -0.2) is 0 Å². The van der Waals surface area contributed by atoms with E-state index in [4.69, 9.17) is 0 Å². The van der Waals surface area contributed by atoms with Crippen molar-refractivity contribution < 1.29 is 9.90 Å². The summed E-state index contributed by atoms with van der Waals surface area (Å²) in [5.41, 5.74) is 4.84. The van der Waals surface area contributed by atoms with Gasteiger partial charge in [0.25, 0.3) is 0 Å². The molecule has 0 aliphatic heterocycles. The molecule has 2 atom stereocenters. The number of hydrogen-bond donors (Lipinski definition) is 1. The van der Waals surface area contributed by atoms with Gasteiger partial charge in [0.2, 0.25) is 0 Å². The van der Waals surface area contributed by atoms with E-state index in [0.29, 0.717) is 6.42 Å². The number of ketones is 1. The topological polar surface area (TPSA) is 37.3 Å². The number of carbonyl (C=O) groups excluding carboxylic acids is 1. The van der Waals surface area contributed by atoms with E-state index in [1.54, 1.807) is 0 Å². The Bertz CT molecular complexity index is 681. The maximum Gasteiger partial charge on any atom is 0.184 e. The minimum Gasteiger partial charge on any atom is -0.392 e. The number of Topliss-reactive ketones (excluding diaryl/α,β-unsaturated/α-hetero) is 1. The van der Waals surface area contributed by atoms with E-state index in [9.17, 15) is 9.90 Å². The zero-order valence-electron chi connectivity index (χ0n) is 13.6. The van der Waals surface area contributed by atoms with Gasteiger partial charge in [-0.05, 0) is 56.7 Å². The minimum absolute atomic E-state index is 0.156. The van der Waals surface area contributed by atoms with Crippen molar-refractivity contribution in [3.8, 4) is 0 Å². The van der Waals surface area contributed by atoms with Crippen LogP contribution >= 0.6 is 0 Å². The highest BCUT2D eigenvalue weighted by Gasteiger charge is 2.45. The lowest BCUT2D eigenvalue weighted by Gasteiger charge is -2.45. The molecule has 2 nitrogen and oxygen atoms in total. The van der Waals surface area contributed by atoms with Crippen LogP contribution in [-0.4, -0.2) is 17.0 Å². The van der Waals surface area contributed by atoms with Crippen molar-refractivity contribution in [3.63, 3.8) is 0 Å². The van der Waals surface area contributed by atoms with Crippen molar-refractivity contribution in [2.75, 3.05) is 0 Å². The molecule has 0 saturated heterocycles. The Balaban J connectivity index is 2.05. The van der Waals surface area contributed by atoms with Gasteiger partial charge in [-0.1, -0.05) is 42.3 Å². The Hall–Kier alpha value is -1.67. The summed E-state index contributed by atoms with van der Waals surface area (Å²) in [6.45, 7) is 6.10. The first-order valence-corrected chi connectivity index (χ1v) is 8.12. The standard InChI is InChI=1S/C20H24O2/c1-13-6-4-7-15(10-13)11-16-12-20(3)17(14(2)19(16)22)8-5-9-18(20)21/h4,6-7,10-11,18,21H,5,8-9,12H2,1-3H3/b16-11+/t18-,20-/m0/s1. The van der Waals surface area contributed by atoms with Gasteiger partial charge in [0.05, 0.1) is 6.10 Å². The van der Waals surface area contributed by atoms with E-state index in [0.717, 1.165) is 36.0 Å². The SMILES string of the molecule is CC1=C2CCC[C@H](O)[C@@]2(C)C/C(=C\c2cccc(C)c2)C1=O. The third kappa shape index (κ3) is 2.46. The van der Waals surface area contributed by atoms with Gasteiger partial charge in [0, 0.05) is 11.0 Å². The van der Waals surface area contributed by atoms with Crippen LogP contribution in [0.5, 0.6) is 0 Å². The molecule has 0 radical (unpaired) electrons. The van der Waals surface area contributed by atoms with Gasteiger partial charge >= 0.3 is 0 Å². The molecule has 0 unspecified atom stereocenters. The molecule has 0 bridgehead atoms. The number of benzene rings is 1. The summed E-state index contributed by atoms with van der Waals surface area (Å²) < 4.78 is 0.